The van der Waals surface area contributed by atoms with Crippen LogP contribution in [0.25, 0.3) is 0 Å². The zero-order valence-corrected chi connectivity index (χ0v) is 13.7. The van der Waals surface area contributed by atoms with E-state index in [2.05, 4.69) is 15.3 Å². The van der Waals surface area contributed by atoms with Crippen LogP contribution in [0.15, 0.2) is 18.2 Å². The van der Waals surface area contributed by atoms with Crippen molar-refractivity contribution in [2.45, 2.75) is 32.4 Å². The SMILES string of the molecule is Cc1nn(C)c(N(C)C)c1CNC1CCc2cc(F)ccc21. The number of nitrogens with one attached hydrogen (secondary N) is 1. The van der Waals surface area contributed by atoms with E-state index in [0.29, 0.717) is 6.04 Å². The summed E-state index contributed by atoms with van der Waals surface area (Å²) in [6.07, 6.45) is 1.96. The molecule has 22 heavy (non-hydrogen) atoms. The molecule has 1 N–H and O–H groups in total. The van der Waals surface area contributed by atoms with Crippen molar-refractivity contribution in [3.8, 4) is 0 Å². The zero-order chi connectivity index (χ0) is 15.9. The lowest BCUT2D eigenvalue weighted by molar-refractivity contribution is 0.529. The van der Waals surface area contributed by atoms with Crippen LogP contribution in [0.1, 0.15) is 34.8 Å². The second-order valence-electron chi connectivity index (χ2n) is 6.22. The highest BCUT2D eigenvalue weighted by molar-refractivity contribution is 5.49. The molecular formula is C17H23FN4. The molecule has 0 bridgehead atoms. The van der Waals surface area contributed by atoms with Crippen LogP contribution in [-0.4, -0.2) is 23.9 Å². The molecule has 0 saturated carbocycles. The third-order valence-corrected chi connectivity index (χ3v) is 4.44. The zero-order valence-electron chi connectivity index (χ0n) is 13.7. The fraction of sp³-hybridized carbons (Fsp3) is 0.471. The molecule has 118 valence electrons. The maximum absolute atomic E-state index is 13.3. The van der Waals surface area contributed by atoms with Gasteiger partial charge in [-0.15, -0.1) is 0 Å². The second-order valence-corrected chi connectivity index (χ2v) is 6.22. The Bertz CT molecular complexity index is 690. The Morgan fingerprint density at radius 3 is 2.91 bits per heavy atom. The summed E-state index contributed by atoms with van der Waals surface area (Å²) in [5, 5.41) is 8.14. The Balaban J connectivity index is 1.78. The van der Waals surface area contributed by atoms with E-state index < -0.39 is 0 Å². The Kier molecular flexibility index (Phi) is 3.91. The maximum Gasteiger partial charge on any atom is 0.130 e. The molecule has 1 atom stereocenters. The minimum Gasteiger partial charge on any atom is -0.363 e. The molecule has 4 nitrogen and oxygen atoms in total. The third-order valence-electron chi connectivity index (χ3n) is 4.44. The van der Waals surface area contributed by atoms with E-state index in [4.69, 9.17) is 0 Å². The summed E-state index contributed by atoms with van der Waals surface area (Å²) in [6, 6.07) is 5.43. The Morgan fingerprint density at radius 1 is 1.41 bits per heavy atom. The van der Waals surface area contributed by atoms with E-state index in [0.717, 1.165) is 36.5 Å². The van der Waals surface area contributed by atoms with Gasteiger partial charge in [-0.25, -0.2) is 4.39 Å². The first-order valence-corrected chi connectivity index (χ1v) is 7.69. The molecule has 0 amide bonds. The minimum absolute atomic E-state index is 0.141. The van der Waals surface area contributed by atoms with Crippen LogP contribution in [0.3, 0.4) is 0 Å². The predicted octanol–water partition coefficient (Wildman–Crippen LogP) is 2.71. The predicted molar refractivity (Wildman–Crippen MR) is 86.6 cm³/mol. The highest BCUT2D eigenvalue weighted by Gasteiger charge is 2.23. The number of fused-ring (bicyclic) bond motifs is 1. The summed E-state index contributed by atoms with van der Waals surface area (Å²) in [5.41, 5.74) is 4.64. The van der Waals surface area contributed by atoms with Gasteiger partial charge in [0.15, 0.2) is 0 Å². The summed E-state index contributed by atoms with van der Waals surface area (Å²) >= 11 is 0. The van der Waals surface area contributed by atoms with E-state index in [9.17, 15) is 4.39 Å². The standard InChI is InChI=1S/C17H23FN4/c1-11-15(17(21(2)3)22(4)20-11)10-19-16-8-5-12-9-13(18)6-7-14(12)16/h6-7,9,16,19H,5,8,10H2,1-4H3. The summed E-state index contributed by atoms with van der Waals surface area (Å²) in [4.78, 5) is 2.09. The molecule has 2 aromatic rings. The third kappa shape index (κ3) is 2.61. The van der Waals surface area contributed by atoms with E-state index in [-0.39, 0.29) is 5.82 Å². The molecule has 1 aromatic heterocycles. The number of halogens is 1. The van der Waals surface area contributed by atoms with Crippen LogP contribution in [0.5, 0.6) is 0 Å². The van der Waals surface area contributed by atoms with Crippen molar-refractivity contribution in [3.63, 3.8) is 0 Å². The van der Waals surface area contributed by atoms with Gasteiger partial charge in [-0.2, -0.15) is 5.10 Å². The van der Waals surface area contributed by atoms with Gasteiger partial charge in [-0.05, 0) is 43.0 Å². The van der Waals surface area contributed by atoms with Gasteiger partial charge in [0.25, 0.3) is 0 Å². The average Bonchev–Trinajstić information content (AvgIpc) is 2.96. The van der Waals surface area contributed by atoms with Crippen molar-refractivity contribution < 1.29 is 4.39 Å². The lowest BCUT2D eigenvalue weighted by atomic mass is 10.1. The minimum atomic E-state index is -0.141. The topological polar surface area (TPSA) is 33.1 Å². The Morgan fingerprint density at radius 2 is 2.18 bits per heavy atom. The molecule has 0 saturated heterocycles. The molecule has 1 aromatic carbocycles. The van der Waals surface area contributed by atoms with Gasteiger partial charge in [0.1, 0.15) is 11.6 Å². The Labute approximate surface area is 130 Å². The van der Waals surface area contributed by atoms with E-state index in [1.165, 1.54) is 11.1 Å². The number of hydrogen-bond donors (Lipinski definition) is 1. The van der Waals surface area contributed by atoms with Crippen molar-refractivity contribution >= 4 is 5.82 Å². The Hall–Kier alpha value is -1.88. The van der Waals surface area contributed by atoms with E-state index in [1.54, 1.807) is 12.1 Å². The van der Waals surface area contributed by atoms with Crippen molar-refractivity contribution in [1.29, 1.82) is 0 Å². The summed E-state index contributed by atoms with van der Waals surface area (Å²) in [6.45, 7) is 2.82. The monoisotopic (exact) mass is 302 g/mol. The van der Waals surface area contributed by atoms with Gasteiger partial charge in [-0.3, -0.25) is 4.68 Å². The molecule has 1 aliphatic carbocycles. The van der Waals surface area contributed by atoms with Crippen molar-refractivity contribution in [2.24, 2.45) is 7.05 Å². The molecule has 3 rings (SSSR count). The summed E-state index contributed by atoms with van der Waals surface area (Å²) < 4.78 is 15.2. The number of aromatic nitrogens is 2. The van der Waals surface area contributed by atoms with E-state index >= 15 is 0 Å². The van der Waals surface area contributed by atoms with Crippen LogP contribution >= 0.6 is 0 Å². The fourth-order valence-electron chi connectivity index (χ4n) is 3.48. The quantitative estimate of drug-likeness (QED) is 0.942. The number of hydrogen-bond acceptors (Lipinski definition) is 3. The molecular weight excluding hydrogens is 279 g/mol. The summed E-state index contributed by atoms with van der Waals surface area (Å²) in [7, 11) is 6.04. The van der Waals surface area contributed by atoms with Gasteiger partial charge >= 0.3 is 0 Å². The van der Waals surface area contributed by atoms with Crippen LogP contribution < -0.4 is 10.2 Å². The molecule has 1 heterocycles. The largest absolute Gasteiger partial charge is 0.363 e. The lowest BCUT2D eigenvalue weighted by Crippen LogP contribution is -2.21. The molecule has 0 aliphatic heterocycles. The number of nitrogens with zero attached hydrogens (tertiary/aromatic N) is 3. The molecule has 0 radical (unpaired) electrons. The van der Waals surface area contributed by atoms with Crippen molar-refractivity contribution in [1.82, 2.24) is 15.1 Å². The smallest absolute Gasteiger partial charge is 0.130 e. The van der Waals surface area contributed by atoms with Gasteiger partial charge in [0.2, 0.25) is 0 Å². The lowest BCUT2D eigenvalue weighted by Gasteiger charge is -2.18. The van der Waals surface area contributed by atoms with Crippen LogP contribution in [0, 0.1) is 12.7 Å². The summed E-state index contributed by atoms with van der Waals surface area (Å²) in [5.74, 6) is 0.986. The van der Waals surface area contributed by atoms with Crippen LogP contribution in [0.4, 0.5) is 10.2 Å². The van der Waals surface area contributed by atoms with E-state index in [1.807, 2.05) is 38.8 Å². The number of anilines is 1. The number of benzene rings is 1. The maximum atomic E-state index is 13.3. The fourth-order valence-corrected chi connectivity index (χ4v) is 3.48. The van der Waals surface area contributed by atoms with Gasteiger partial charge in [-0.1, -0.05) is 6.07 Å². The first-order valence-electron chi connectivity index (χ1n) is 7.69. The first-order chi connectivity index (χ1) is 10.5. The molecule has 1 unspecified atom stereocenters. The van der Waals surface area contributed by atoms with Gasteiger partial charge in [0.05, 0.1) is 5.69 Å². The number of rotatable bonds is 4. The molecule has 5 heteroatoms. The van der Waals surface area contributed by atoms with Crippen LogP contribution in [0.2, 0.25) is 0 Å². The highest BCUT2D eigenvalue weighted by Crippen LogP contribution is 2.32. The van der Waals surface area contributed by atoms with Crippen molar-refractivity contribution in [3.05, 3.63) is 46.4 Å². The molecule has 0 fully saturated rings. The number of aryl methyl sites for hydroxylation is 3. The average molecular weight is 302 g/mol. The van der Waals surface area contributed by atoms with Gasteiger partial charge in [0, 0.05) is 39.3 Å². The highest BCUT2D eigenvalue weighted by atomic mass is 19.1. The second kappa shape index (κ2) is 5.72. The van der Waals surface area contributed by atoms with Crippen LogP contribution in [-0.2, 0) is 20.0 Å². The molecule has 0 spiro atoms. The van der Waals surface area contributed by atoms with Gasteiger partial charge < -0.3 is 10.2 Å². The molecule has 1 aliphatic rings. The first kappa shape index (κ1) is 15.0. The normalized spacial score (nSPS) is 16.9. The van der Waals surface area contributed by atoms with Crippen molar-refractivity contribution in [2.75, 3.05) is 19.0 Å².